The second-order valence-corrected chi connectivity index (χ2v) is 26.3. The van der Waals surface area contributed by atoms with Gasteiger partial charge in [-0.1, -0.05) is 155 Å². The highest BCUT2D eigenvalue weighted by atomic mass is 15.0. The first kappa shape index (κ1) is 56.5. The van der Waals surface area contributed by atoms with Gasteiger partial charge in [-0.2, -0.15) is 5.26 Å². The maximum Gasteiger partial charge on any atom is 0.100 e. The summed E-state index contributed by atoms with van der Waals surface area (Å²) in [5, 5.41) is 22.2. The summed E-state index contributed by atoms with van der Waals surface area (Å²) in [4.78, 5) is 4.60. The number of para-hydroxylation sites is 2. The molecule has 0 saturated heterocycles. The summed E-state index contributed by atoms with van der Waals surface area (Å²) in [6.07, 6.45) is 3.70. The zero-order valence-electron chi connectivity index (χ0n) is 54.2. The molecule has 0 N–H and O–H groups in total. The first-order valence-corrected chi connectivity index (χ1v) is 33.0. The summed E-state index contributed by atoms with van der Waals surface area (Å²) in [5.41, 5.74) is 30.6. The predicted molar refractivity (Wildman–Crippen MR) is 402 cm³/mol. The molecule has 0 fully saturated rings. The highest BCUT2D eigenvalue weighted by Gasteiger charge is 2.30. The summed E-state index contributed by atoms with van der Waals surface area (Å²) < 4.78 is 9.57. The number of benzene rings is 13. The lowest BCUT2D eigenvalue weighted by Gasteiger charge is -2.26. The second-order valence-electron chi connectivity index (χ2n) is 26.3. The first-order valence-electron chi connectivity index (χ1n) is 33.0. The molecular formula is C90H64N6. The maximum atomic E-state index is 12.5. The van der Waals surface area contributed by atoms with E-state index in [1.165, 1.54) is 76.5 Å². The summed E-state index contributed by atoms with van der Waals surface area (Å²) in [6.45, 7) is 13.0. The van der Waals surface area contributed by atoms with Gasteiger partial charge in [0.25, 0.3) is 0 Å². The van der Waals surface area contributed by atoms with Crippen molar-refractivity contribution in [2.45, 2.75) is 41.5 Å². The van der Waals surface area contributed by atoms with Crippen LogP contribution in [0.5, 0.6) is 0 Å². The molecule has 0 unspecified atom stereocenters. The molecule has 5 aromatic heterocycles. The fourth-order valence-corrected chi connectivity index (χ4v) is 15.7. The molecule has 0 aliphatic heterocycles. The van der Waals surface area contributed by atoms with E-state index in [9.17, 15) is 5.26 Å². The van der Waals surface area contributed by atoms with Gasteiger partial charge in [-0.15, -0.1) is 0 Å². The third-order valence-electron chi connectivity index (χ3n) is 20.0. The SMILES string of the molecule is Cc1ccc2c(c1)c1cc(C)ccc1n2-c1ccc(-c2c(-c3ccncc3)c(C#N)c(-c3ccc(-n4c5ccccc5c5ccccc54)cc3)c(-c3ccc(-n4c5ccc(C)cc5c5cc(C)ccc54)cc3)c2-c2ccc(-n3c4ccc(C)cc4c4cc(C)ccc43)cc2)cc1. The van der Waals surface area contributed by atoms with Crippen molar-refractivity contribution < 1.29 is 0 Å². The average Bonchev–Trinajstić information content (AvgIpc) is 1.26. The zero-order valence-corrected chi connectivity index (χ0v) is 54.2. The average molecular weight is 1230 g/mol. The number of fused-ring (bicyclic) bond motifs is 12. The van der Waals surface area contributed by atoms with Crippen molar-refractivity contribution in [3.8, 4) is 84.5 Å². The van der Waals surface area contributed by atoms with Gasteiger partial charge in [-0.25, -0.2) is 0 Å². The molecule has 454 valence electrons. The molecule has 18 rings (SSSR count). The van der Waals surface area contributed by atoms with E-state index in [2.05, 4.69) is 338 Å². The van der Waals surface area contributed by atoms with E-state index < -0.39 is 0 Å². The molecule has 0 spiro atoms. The Bertz CT molecular complexity index is 6050. The van der Waals surface area contributed by atoms with Crippen molar-refractivity contribution in [3.63, 3.8) is 0 Å². The van der Waals surface area contributed by atoms with Crippen LogP contribution in [-0.2, 0) is 0 Å². The number of pyridine rings is 1. The van der Waals surface area contributed by atoms with E-state index in [-0.39, 0.29) is 0 Å². The topological polar surface area (TPSA) is 56.4 Å². The van der Waals surface area contributed by atoms with Gasteiger partial charge in [0.15, 0.2) is 0 Å². The van der Waals surface area contributed by atoms with Gasteiger partial charge in [-0.3, -0.25) is 4.98 Å². The lowest BCUT2D eigenvalue weighted by Crippen LogP contribution is -2.03. The van der Waals surface area contributed by atoms with Crippen LogP contribution in [0.15, 0.2) is 279 Å². The quantitative estimate of drug-likeness (QED) is 0.145. The van der Waals surface area contributed by atoms with Gasteiger partial charge in [0.05, 0.1) is 49.7 Å². The van der Waals surface area contributed by atoms with Crippen molar-refractivity contribution in [2.24, 2.45) is 0 Å². The Morgan fingerprint density at radius 2 is 0.469 bits per heavy atom. The van der Waals surface area contributed by atoms with Crippen molar-refractivity contribution in [2.75, 3.05) is 0 Å². The minimum Gasteiger partial charge on any atom is -0.309 e. The predicted octanol–water partition coefficient (Wildman–Crippen LogP) is 23.5. The van der Waals surface area contributed by atoms with Crippen LogP contribution in [0.3, 0.4) is 0 Å². The lowest BCUT2D eigenvalue weighted by atomic mass is 9.76. The van der Waals surface area contributed by atoms with Crippen molar-refractivity contribution in [3.05, 3.63) is 318 Å². The molecule has 6 heteroatoms. The zero-order chi connectivity index (χ0) is 64.6. The molecule has 0 amide bonds. The third kappa shape index (κ3) is 8.81. The van der Waals surface area contributed by atoms with Gasteiger partial charge in [-0.05, 0) is 232 Å². The standard InChI is InChI=1S/C90H64N6/c1-54-15-37-80-71(47-54)72-48-55(2)16-38-81(72)94(80)66-31-23-61(24-32-66)88-86(60-21-29-65(30-22-60)93-78-13-9-7-11-69(78)70-12-8-10-14-79(70)93)77(53-91)87(64-43-45-92-46-44-64)89(62-25-33-67(34-26-62)95-82-39-17-56(3)49-73(82)74-50-57(4)18-40-83(74)95)90(88)63-27-35-68(36-28-63)96-84-41-19-58(5)51-75(84)76-52-59(6)20-42-85(76)96/h7-52H,1-6H3. The van der Waals surface area contributed by atoms with Crippen molar-refractivity contribution in [1.82, 2.24) is 23.3 Å². The summed E-state index contributed by atoms with van der Waals surface area (Å²) in [5.74, 6) is 0. The van der Waals surface area contributed by atoms with Crippen LogP contribution in [0.1, 0.15) is 38.9 Å². The summed E-state index contributed by atoms with van der Waals surface area (Å²) in [6, 6.07) is 101. The van der Waals surface area contributed by atoms with Gasteiger partial charge in [0.1, 0.15) is 6.07 Å². The minimum absolute atomic E-state index is 0.571. The van der Waals surface area contributed by atoms with Gasteiger partial charge in [0, 0.05) is 89.4 Å². The number of nitrogens with zero attached hydrogens (tertiary/aromatic N) is 6. The van der Waals surface area contributed by atoms with Crippen LogP contribution < -0.4 is 0 Å². The first-order chi connectivity index (χ1) is 47.0. The van der Waals surface area contributed by atoms with Crippen LogP contribution in [0.2, 0.25) is 0 Å². The van der Waals surface area contributed by atoms with E-state index in [4.69, 9.17) is 0 Å². The normalized spacial score (nSPS) is 11.8. The Labute approximate surface area is 556 Å². The van der Waals surface area contributed by atoms with Gasteiger partial charge < -0.3 is 18.3 Å². The molecule has 0 bridgehead atoms. The molecule has 0 aliphatic rings. The Hall–Kier alpha value is -12.3. The highest BCUT2D eigenvalue weighted by molar-refractivity contribution is 6.15. The molecule has 0 saturated carbocycles. The Morgan fingerprint density at radius 3 is 0.740 bits per heavy atom. The monoisotopic (exact) mass is 1230 g/mol. The molecule has 13 aromatic carbocycles. The van der Waals surface area contributed by atoms with Gasteiger partial charge in [0.2, 0.25) is 0 Å². The van der Waals surface area contributed by atoms with Crippen LogP contribution in [0, 0.1) is 52.9 Å². The number of rotatable bonds is 9. The minimum atomic E-state index is 0.571. The molecule has 18 aromatic rings. The fraction of sp³-hybridized carbons (Fsp3) is 0.0667. The number of aromatic nitrogens is 5. The Morgan fingerprint density at radius 1 is 0.240 bits per heavy atom. The number of hydrogen-bond donors (Lipinski definition) is 0. The summed E-state index contributed by atoms with van der Waals surface area (Å²) >= 11 is 0. The van der Waals surface area contributed by atoms with Crippen LogP contribution in [0.25, 0.3) is 166 Å². The molecular weight excluding hydrogens is 1170 g/mol. The fourth-order valence-electron chi connectivity index (χ4n) is 15.7. The van der Waals surface area contributed by atoms with Crippen LogP contribution in [-0.4, -0.2) is 23.3 Å². The molecule has 0 atom stereocenters. The lowest BCUT2D eigenvalue weighted by molar-refractivity contribution is 1.18. The number of hydrogen-bond acceptors (Lipinski definition) is 2. The molecule has 0 aliphatic carbocycles. The highest BCUT2D eigenvalue weighted by Crippen LogP contribution is 2.54. The van der Waals surface area contributed by atoms with E-state index in [1.54, 1.807) is 0 Å². The van der Waals surface area contributed by atoms with Gasteiger partial charge >= 0.3 is 0 Å². The molecule has 6 nitrogen and oxygen atoms in total. The number of nitriles is 1. The summed E-state index contributed by atoms with van der Waals surface area (Å²) in [7, 11) is 0. The Kier molecular flexibility index (Phi) is 12.9. The molecule has 5 heterocycles. The van der Waals surface area contributed by atoms with Crippen LogP contribution in [0.4, 0.5) is 0 Å². The van der Waals surface area contributed by atoms with E-state index in [0.717, 1.165) is 123 Å². The second kappa shape index (κ2) is 21.9. The largest absolute Gasteiger partial charge is 0.309 e. The molecule has 96 heavy (non-hydrogen) atoms. The van der Waals surface area contributed by atoms with E-state index in [0.29, 0.717) is 5.56 Å². The smallest absolute Gasteiger partial charge is 0.100 e. The Balaban J connectivity index is 0.938. The van der Waals surface area contributed by atoms with E-state index in [1.807, 2.05) is 12.4 Å². The van der Waals surface area contributed by atoms with Crippen molar-refractivity contribution >= 4 is 87.2 Å². The van der Waals surface area contributed by atoms with Crippen molar-refractivity contribution in [1.29, 1.82) is 5.26 Å². The number of aryl methyl sites for hydroxylation is 6. The van der Waals surface area contributed by atoms with E-state index >= 15 is 0 Å². The third-order valence-corrected chi connectivity index (χ3v) is 20.0. The van der Waals surface area contributed by atoms with Crippen LogP contribution >= 0.6 is 0 Å². The maximum absolute atomic E-state index is 12.5. The molecule has 0 radical (unpaired) electrons.